The summed E-state index contributed by atoms with van der Waals surface area (Å²) in [5.74, 6) is -0.362. The first-order valence-electron chi connectivity index (χ1n) is 7.72. The maximum atomic E-state index is 12.1. The molecule has 0 radical (unpaired) electrons. The molecule has 5 heteroatoms. The van der Waals surface area contributed by atoms with Gasteiger partial charge in [0.1, 0.15) is 0 Å². The van der Waals surface area contributed by atoms with Crippen molar-refractivity contribution in [1.82, 2.24) is 0 Å². The summed E-state index contributed by atoms with van der Waals surface area (Å²) >= 11 is 0. The Morgan fingerprint density at radius 2 is 1.65 bits per heavy atom. The fourth-order valence-corrected chi connectivity index (χ4v) is 2.73. The third-order valence-electron chi connectivity index (χ3n) is 4.81. The molecule has 120 valence electrons. The van der Waals surface area contributed by atoms with Crippen molar-refractivity contribution in [3.8, 4) is 0 Å². The van der Waals surface area contributed by atoms with Crippen LogP contribution in [0.2, 0.25) is 0 Å². The van der Waals surface area contributed by atoms with E-state index in [0.717, 1.165) is 16.2 Å². The zero-order chi connectivity index (χ0) is 16.8. The minimum absolute atomic E-state index is 0.362. The highest BCUT2D eigenvalue weighted by Gasteiger charge is 2.51. The number of hydrogen-bond acceptors (Lipinski definition) is 4. The maximum absolute atomic E-state index is 12.1. The summed E-state index contributed by atoms with van der Waals surface area (Å²) in [5.41, 5.74) is 0.502. The van der Waals surface area contributed by atoms with Crippen LogP contribution in [0.1, 0.15) is 38.1 Å². The highest BCUT2D eigenvalue weighted by molar-refractivity contribution is 6.62. The van der Waals surface area contributed by atoms with Crippen molar-refractivity contribution in [2.45, 2.75) is 38.9 Å². The molecule has 2 aromatic carbocycles. The van der Waals surface area contributed by atoms with Gasteiger partial charge in [0.2, 0.25) is 0 Å². The van der Waals surface area contributed by atoms with Crippen LogP contribution in [0, 0.1) is 0 Å². The number of rotatable bonds is 2. The lowest BCUT2D eigenvalue weighted by Crippen LogP contribution is -2.41. The number of carbonyl (C=O) groups excluding carboxylic acids is 1. The molecule has 23 heavy (non-hydrogen) atoms. The SMILES string of the molecule is COC(=O)c1cc(B2OC(C)(C)C(C)(C)O2)cc2ccccc12. The molecule has 0 amide bonds. The predicted octanol–water partition coefficient (Wildman–Crippen LogP) is 2.93. The molecule has 1 heterocycles. The van der Waals surface area contributed by atoms with Crippen LogP contribution in [-0.2, 0) is 14.0 Å². The minimum Gasteiger partial charge on any atom is -0.465 e. The molecule has 0 bridgehead atoms. The normalized spacial score (nSPS) is 19.1. The van der Waals surface area contributed by atoms with Gasteiger partial charge in [-0.3, -0.25) is 0 Å². The van der Waals surface area contributed by atoms with Crippen molar-refractivity contribution in [2.24, 2.45) is 0 Å². The molecule has 0 atom stereocenters. The van der Waals surface area contributed by atoms with E-state index in [9.17, 15) is 4.79 Å². The van der Waals surface area contributed by atoms with Gasteiger partial charge in [0, 0.05) is 0 Å². The fourth-order valence-electron chi connectivity index (χ4n) is 2.73. The first kappa shape index (κ1) is 16.0. The zero-order valence-electron chi connectivity index (χ0n) is 14.2. The first-order chi connectivity index (χ1) is 10.7. The number of benzene rings is 2. The fraction of sp³-hybridized carbons (Fsp3) is 0.389. The second-order valence-electron chi connectivity index (χ2n) is 6.87. The lowest BCUT2D eigenvalue weighted by Gasteiger charge is -2.32. The van der Waals surface area contributed by atoms with E-state index in [1.807, 2.05) is 58.0 Å². The van der Waals surface area contributed by atoms with Crippen molar-refractivity contribution in [3.63, 3.8) is 0 Å². The molecule has 0 spiro atoms. The summed E-state index contributed by atoms with van der Waals surface area (Å²) in [4.78, 5) is 12.1. The van der Waals surface area contributed by atoms with Crippen LogP contribution < -0.4 is 5.46 Å². The van der Waals surface area contributed by atoms with E-state index >= 15 is 0 Å². The van der Waals surface area contributed by atoms with Crippen LogP contribution in [0.5, 0.6) is 0 Å². The van der Waals surface area contributed by atoms with Crippen LogP contribution in [0.25, 0.3) is 10.8 Å². The molecule has 0 N–H and O–H groups in total. The summed E-state index contributed by atoms with van der Waals surface area (Å²) in [6.45, 7) is 8.04. The molecule has 3 rings (SSSR count). The smallest absolute Gasteiger partial charge is 0.465 e. The Morgan fingerprint density at radius 1 is 1.04 bits per heavy atom. The quantitative estimate of drug-likeness (QED) is 0.632. The van der Waals surface area contributed by atoms with Gasteiger partial charge in [0.05, 0.1) is 23.9 Å². The summed E-state index contributed by atoms with van der Waals surface area (Å²) in [6, 6.07) is 11.5. The molecular weight excluding hydrogens is 291 g/mol. The van der Waals surface area contributed by atoms with Crippen molar-refractivity contribution in [3.05, 3.63) is 42.0 Å². The van der Waals surface area contributed by atoms with Crippen LogP contribution in [0.15, 0.2) is 36.4 Å². The van der Waals surface area contributed by atoms with Crippen LogP contribution >= 0.6 is 0 Å². The van der Waals surface area contributed by atoms with Crippen molar-refractivity contribution in [2.75, 3.05) is 7.11 Å². The van der Waals surface area contributed by atoms with E-state index < -0.39 is 18.3 Å². The minimum atomic E-state index is -0.506. The lowest BCUT2D eigenvalue weighted by atomic mass is 9.77. The van der Waals surface area contributed by atoms with Crippen molar-refractivity contribution < 1.29 is 18.8 Å². The number of fused-ring (bicyclic) bond motifs is 1. The lowest BCUT2D eigenvalue weighted by molar-refractivity contribution is 0.00578. The van der Waals surface area contributed by atoms with Gasteiger partial charge in [0.15, 0.2) is 0 Å². The van der Waals surface area contributed by atoms with Crippen LogP contribution in [0.3, 0.4) is 0 Å². The van der Waals surface area contributed by atoms with Crippen molar-refractivity contribution in [1.29, 1.82) is 0 Å². The Balaban J connectivity index is 2.11. The van der Waals surface area contributed by atoms with Crippen molar-refractivity contribution >= 4 is 29.3 Å². The monoisotopic (exact) mass is 312 g/mol. The molecule has 0 saturated carbocycles. The molecule has 0 aromatic heterocycles. The highest BCUT2D eigenvalue weighted by atomic mass is 16.7. The molecule has 1 aliphatic rings. The van der Waals surface area contributed by atoms with Gasteiger partial charge < -0.3 is 14.0 Å². The molecular formula is C18H21BO4. The van der Waals surface area contributed by atoms with Gasteiger partial charge in [-0.1, -0.05) is 30.3 Å². The Labute approximate surface area is 136 Å². The molecule has 2 aromatic rings. The van der Waals surface area contributed by atoms with E-state index in [-0.39, 0.29) is 5.97 Å². The second-order valence-corrected chi connectivity index (χ2v) is 6.87. The molecule has 1 saturated heterocycles. The summed E-state index contributed by atoms with van der Waals surface area (Å²) in [5, 5.41) is 1.82. The Kier molecular flexibility index (Phi) is 3.73. The number of ether oxygens (including phenoxy) is 1. The Morgan fingerprint density at radius 3 is 2.26 bits per heavy atom. The average molecular weight is 312 g/mol. The summed E-state index contributed by atoms with van der Waals surface area (Å²) < 4.78 is 17.1. The Bertz CT molecular complexity index is 751. The number of methoxy groups -OCH3 is 1. The van der Waals surface area contributed by atoms with Crippen LogP contribution in [0.4, 0.5) is 0 Å². The first-order valence-corrected chi connectivity index (χ1v) is 7.72. The summed E-state index contributed by atoms with van der Waals surface area (Å²) in [6.07, 6.45) is 0. The van der Waals surface area contributed by atoms with Gasteiger partial charge in [-0.2, -0.15) is 0 Å². The standard InChI is InChI=1S/C18H21BO4/c1-17(2)18(3,4)23-19(22-17)13-10-12-8-6-7-9-14(12)15(11-13)16(20)21-5/h6-11H,1-5H3. The van der Waals surface area contributed by atoms with E-state index in [0.29, 0.717) is 5.56 Å². The summed E-state index contributed by atoms with van der Waals surface area (Å²) in [7, 11) is 0.881. The van der Waals surface area contributed by atoms with E-state index in [4.69, 9.17) is 14.0 Å². The third-order valence-corrected chi connectivity index (χ3v) is 4.81. The molecule has 0 unspecified atom stereocenters. The third kappa shape index (κ3) is 2.64. The molecule has 1 aliphatic heterocycles. The predicted molar refractivity (Wildman–Crippen MR) is 91.0 cm³/mol. The molecule has 4 nitrogen and oxygen atoms in total. The number of carbonyl (C=O) groups is 1. The highest BCUT2D eigenvalue weighted by Crippen LogP contribution is 2.36. The second kappa shape index (κ2) is 5.36. The van der Waals surface area contributed by atoms with Gasteiger partial charge in [0.25, 0.3) is 0 Å². The van der Waals surface area contributed by atoms with Crippen LogP contribution in [-0.4, -0.2) is 31.4 Å². The Hall–Kier alpha value is -1.85. The van der Waals surface area contributed by atoms with Gasteiger partial charge >= 0.3 is 13.1 Å². The van der Waals surface area contributed by atoms with E-state index in [1.54, 1.807) is 6.07 Å². The van der Waals surface area contributed by atoms with Gasteiger partial charge in [-0.25, -0.2) is 4.79 Å². The topological polar surface area (TPSA) is 44.8 Å². The van der Waals surface area contributed by atoms with Gasteiger partial charge in [-0.15, -0.1) is 0 Å². The largest absolute Gasteiger partial charge is 0.494 e. The van der Waals surface area contributed by atoms with Gasteiger partial charge in [-0.05, 0) is 50.0 Å². The number of esters is 1. The molecule has 1 fully saturated rings. The number of hydrogen-bond donors (Lipinski definition) is 0. The average Bonchev–Trinajstić information content (AvgIpc) is 2.73. The molecule has 0 aliphatic carbocycles. The van der Waals surface area contributed by atoms with E-state index in [1.165, 1.54) is 7.11 Å². The zero-order valence-corrected chi connectivity index (χ0v) is 14.2. The maximum Gasteiger partial charge on any atom is 0.494 e. The van der Waals surface area contributed by atoms with E-state index in [2.05, 4.69) is 0 Å².